The Hall–Kier alpha value is -2.87. The van der Waals surface area contributed by atoms with Crippen molar-refractivity contribution in [3.8, 4) is 23.0 Å². The predicted molar refractivity (Wildman–Crippen MR) is 110 cm³/mol. The second-order valence-corrected chi connectivity index (χ2v) is 6.21. The van der Waals surface area contributed by atoms with Gasteiger partial charge in [-0.1, -0.05) is 42.1 Å². The molecule has 2 aromatic carbocycles. The molecule has 0 amide bonds. The van der Waals surface area contributed by atoms with Crippen LogP contribution in [0.2, 0.25) is 0 Å². The van der Waals surface area contributed by atoms with E-state index in [9.17, 15) is 0 Å². The minimum atomic E-state index is 0.355. The molecule has 8 heteroatoms. The molecule has 0 fully saturated rings. The van der Waals surface area contributed by atoms with Gasteiger partial charge in [0.2, 0.25) is 5.75 Å². The second-order valence-electron chi connectivity index (χ2n) is 5.22. The minimum absolute atomic E-state index is 0.355. The van der Waals surface area contributed by atoms with E-state index >= 15 is 0 Å². The quantitative estimate of drug-likeness (QED) is 0.423. The number of methoxy groups -OCH3 is 4. The van der Waals surface area contributed by atoms with Crippen LogP contribution in [0.3, 0.4) is 0 Å². The van der Waals surface area contributed by atoms with Gasteiger partial charge in [0, 0.05) is 11.8 Å². The summed E-state index contributed by atoms with van der Waals surface area (Å²) in [5, 5.41) is 8.44. The Labute approximate surface area is 163 Å². The van der Waals surface area contributed by atoms with E-state index in [-0.39, 0.29) is 0 Å². The molecule has 0 saturated carbocycles. The van der Waals surface area contributed by atoms with Crippen molar-refractivity contribution in [2.24, 2.45) is 15.9 Å². The highest BCUT2D eigenvalue weighted by Crippen LogP contribution is 2.44. The number of hydrogen-bond donors (Lipinski definition) is 1. The summed E-state index contributed by atoms with van der Waals surface area (Å²) in [6, 6.07) is 11.7. The van der Waals surface area contributed by atoms with E-state index in [1.807, 2.05) is 30.3 Å². The van der Waals surface area contributed by atoms with Gasteiger partial charge in [-0.05, 0) is 5.56 Å². The smallest absolute Gasteiger partial charge is 0.204 e. The normalized spacial score (nSPS) is 11.5. The molecule has 0 bridgehead atoms. The van der Waals surface area contributed by atoms with E-state index in [4.69, 9.17) is 24.7 Å². The molecule has 0 spiro atoms. The maximum absolute atomic E-state index is 5.92. The number of ether oxygens (including phenoxy) is 4. The van der Waals surface area contributed by atoms with Crippen molar-refractivity contribution < 1.29 is 18.9 Å². The molecule has 0 atom stereocenters. The zero-order valence-corrected chi connectivity index (χ0v) is 16.6. The number of nitrogens with two attached hydrogens (primary N) is 1. The first-order chi connectivity index (χ1) is 13.1. The molecule has 0 saturated heterocycles. The first-order valence-electron chi connectivity index (χ1n) is 8.04. The van der Waals surface area contributed by atoms with Gasteiger partial charge in [-0.15, -0.1) is 5.10 Å². The molecule has 0 unspecified atom stereocenters. The molecule has 2 N–H and O–H groups in total. The lowest BCUT2D eigenvalue weighted by Gasteiger charge is -2.16. The van der Waals surface area contributed by atoms with Crippen molar-refractivity contribution in [1.29, 1.82) is 0 Å². The fraction of sp³-hybridized carbons (Fsp3) is 0.263. The van der Waals surface area contributed by atoms with Gasteiger partial charge >= 0.3 is 0 Å². The zero-order valence-electron chi connectivity index (χ0n) is 15.8. The third kappa shape index (κ3) is 5.30. The number of benzene rings is 2. The molecular weight excluding hydrogens is 366 g/mol. The molecule has 144 valence electrons. The second kappa shape index (κ2) is 10.3. The molecule has 0 aliphatic rings. The van der Waals surface area contributed by atoms with Crippen molar-refractivity contribution in [1.82, 2.24) is 0 Å². The van der Waals surface area contributed by atoms with Crippen molar-refractivity contribution in [2.45, 2.75) is 5.75 Å². The van der Waals surface area contributed by atoms with Crippen LogP contribution in [0, 0.1) is 0 Å². The van der Waals surface area contributed by atoms with E-state index in [0.29, 0.717) is 39.5 Å². The van der Waals surface area contributed by atoms with Crippen LogP contribution in [0.15, 0.2) is 46.6 Å². The van der Waals surface area contributed by atoms with Crippen LogP contribution < -0.4 is 24.7 Å². The van der Waals surface area contributed by atoms with Crippen LogP contribution in [-0.4, -0.2) is 39.8 Å². The third-order valence-electron chi connectivity index (χ3n) is 3.62. The molecule has 0 heterocycles. The van der Waals surface area contributed by atoms with Gasteiger partial charge in [-0.25, -0.2) is 0 Å². The molecule has 0 radical (unpaired) electrons. The summed E-state index contributed by atoms with van der Waals surface area (Å²) >= 11 is 1.41. The monoisotopic (exact) mass is 389 g/mol. The lowest BCUT2D eigenvalue weighted by Crippen LogP contribution is -2.06. The van der Waals surface area contributed by atoms with E-state index in [2.05, 4.69) is 10.2 Å². The summed E-state index contributed by atoms with van der Waals surface area (Å²) in [7, 11) is 6.15. The number of hydrogen-bond acceptors (Lipinski definition) is 7. The molecule has 0 aliphatic carbocycles. The standard InChI is InChI=1S/C19H23N3O4S/c1-23-15-10-16(24-2)18(26-4)17(25-3)14(15)11-21-22-19(20)27-12-13-8-6-5-7-9-13/h5-11H,12H2,1-4H3,(H2,20,22). The maximum Gasteiger partial charge on any atom is 0.204 e. The van der Waals surface area contributed by atoms with Gasteiger partial charge in [0.15, 0.2) is 16.7 Å². The molecule has 27 heavy (non-hydrogen) atoms. The molecular formula is C19H23N3O4S. The average molecular weight is 389 g/mol. The van der Waals surface area contributed by atoms with Crippen LogP contribution in [0.25, 0.3) is 0 Å². The lowest BCUT2D eigenvalue weighted by molar-refractivity contribution is 0.318. The molecule has 2 aromatic rings. The Kier molecular flexibility index (Phi) is 7.81. The predicted octanol–water partition coefficient (Wildman–Crippen LogP) is 3.30. The first kappa shape index (κ1) is 20.4. The summed E-state index contributed by atoms with van der Waals surface area (Å²) in [6.45, 7) is 0. The number of thioether (sulfide) groups is 1. The molecule has 2 rings (SSSR count). The Morgan fingerprint density at radius 2 is 1.63 bits per heavy atom. The van der Waals surface area contributed by atoms with Gasteiger partial charge in [-0.3, -0.25) is 0 Å². The van der Waals surface area contributed by atoms with Crippen molar-refractivity contribution in [3.63, 3.8) is 0 Å². The number of rotatable bonds is 8. The van der Waals surface area contributed by atoms with Crippen LogP contribution in [-0.2, 0) is 5.75 Å². The fourth-order valence-electron chi connectivity index (χ4n) is 2.35. The SMILES string of the molecule is COc1cc(OC)c(OC)c(OC)c1C=NN=C(N)SCc1ccccc1. The fourth-order valence-corrected chi connectivity index (χ4v) is 2.96. The average Bonchev–Trinajstić information content (AvgIpc) is 2.72. The summed E-state index contributed by atoms with van der Waals surface area (Å²) in [5.74, 6) is 2.60. The Bertz CT molecular complexity index is 810. The molecule has 7 nitrogen and oxygen atoms in total. The summed E-state index contributed by atoms with van der Waals surface area (Å²) < 4.78 is 21.5. The summed E-state index contributed by atoms with van der Waals surface area (Å²) in [4.78, 5) is 0. The minimum Gasteiger partial charge on any atom is -0.496 e. The summed E-state index contributed by atoms with van der Waals surface area (Å²) in [5.41, 5.74) is 7.65. The zero-order chi connectivity index (χ0) is 19.6. The highest BCUT2D eigenvalue weighted by molar-refractivity contribution is 8.13. The van der Waals surface area contributed by atoms with E-state index in [1.54, 1.807) is 20.3 Å². The Morgan fingerprint density at radius 3 is 2.22 bits per heavy atom. The van der Waals surface area contributed by atoms with Gasteiger partial charge in [-0.2, -0.15) is 5.10 Å². The van der Waals surface area contributed by atoms with Crippen LogP contribution in [0.4, 0.5) is 0 Å². The first-order valence-corrected chi connectivity index (χ1v) is 9.03. The molecule has 0 aliphatic heterocycles. The van der Waals surface area contributed by atoms with Crippen molar-refractivity contribution in [3.05, 3.63) is 47.5 Å². The van der Waals surface area contributed by atoms with Crippen LogP contribution in [0.1, 0.15) is 11.1 Å². The topological polar surface area (TPSA) is 87.7 Å². The van der Waals surface area contributed by atoms with E-state index in [1.165, 1.54) is 32.2 Å². The molecule has 0 aromatic heterocycles. The third-order valence-corrected chi connectivity index (χ3v) is 4.48. The van der Waals surface area contributed by atoms with Crippen molar-refractivity contribution >= 4 is 23.1 Å². The van der Waals surface area contributed by atoms with E-state index < -0.39 is 0 Å². The van der Waals surface area contributed by atoms with Crippen LogP contribution in [0.5, 0.6) is 23.0 Å². The lowest BCUT2D eigenvalue weighted by atomic mass is 10.1. The van der Waals surface area contributed by atoms with Gasteiger partial charge in [0.05, 0.1) is 40.2 Å². The van der Waals surface area contributed by atoms with Crippen molar-refractivity contribution in [2.75, 3.05) is 28.4 Å². The highest BCUT2D eigenvalue weighted by atomic mass is 32.2. The Morgan fingerprint density at radius 1 is 0.963 bits per heavy atom. The highest BCUT2D eigenvalue weighted by Gasteiger charge is 2.20. The van der Waals surface area contributed by atoms with Crippen LogP contribution >= 0.6 is 11.8 Å². The van der Waals surface area contributed by atoms with Gasteiger partial charge in [0.1, 0.15) is 5.75 Å². The van der Waals surface area contributed by atoms with Gasteiger partial charge in [0.25, 0.3) is 0 Å². The van der Waals surface area contributed by atoms with E-state index in [0.717, 1.165) is 5.56 Å². The number of nitrogens with zero attached hydrogens (tertiary/aromatic N) is 2. The van der Waals surface area contributed by atoms with Gasteiger partial charge < -0.3 is 24.7 Å². The largest absolute Gasteiger partial charge is 0.496 e. The number of amidine groups is 1. The Balaban J connectivity index is 2.21. The maximum atomic E-state index is 5.92. The summed E-state index contributed by atoms with van der Waals surface area (Å²) in [6.07, 6.45) is 1.51.